The summed E-state index contributed by atoms with van der Waals surface area (Å²) in [6.45, 7) is 8.01. The van der Waals surface area contributed by atoms with Crippen molar-refractivity contribution >= 4 is 29.1 Å². The molecule has 1 aromatic carbocycles. The van der Waals surface area contributed by atoms with E-state index in [1.54, 1.807) is 0 Å². The second kappa shape index (κ2) is 9.01. The number of hydrogen-bond donors (Lipinski definition) is 1. The molecule has 0 aliphatic carbocycles. The molecular formula is C20H26N2O4S. The number of amides is 2. The first-order valence-electron chi connectivity index (χ1n) is 9.24. The number of hydrogen-bond acceptors (Lipinski definition) is 6. The summed E-state index contributed by atoms with van der Waals surface area (Å²) in [5.74, 6) is -0.100. The van der Waals surface area contributed by atoms with Gasteiger partial charge in [0, 0.05) is 31.9 Å². The largest absolute Gasteiger partial charge is 0.396 e. The molecule has 2 amide bonds. The number of morpholine rings is 1. The van der Waals surface area contributed by atoms with Crippen molar-refractivity contribution in [2.45, 2.75) is 13.8 Å². The van der Waals surface area contributed by atoms with Crippen LogP contribution in [0, 0.1) is 13.8 Å². The number of aryl methyl sites for hydroxylation is 2. The van der Waals surface area contributed by atoms with E-state index in [2.05, 4.69) is 4.90 Å². The van der Waals surface area contributed by atoms with E-state index in [0.717, 1.165) is 29.8 Å². The van der Waals surface area contributed by atoms with Crippen LogP contribution in [0.25, 0.3) is 5.57 Å². The number of imide groups is 1. The van der Waals surface area contributed by atoms with Crippen molar-refractivity contribution in [1.29, 1.82) is 0 Å². The SMILES string of the molecule is Cc1ccc(C2=C(SCCO)C(=O)N(CCN3CCOCC3)C2=O)cc1C. The molecule has 0 radical (unpaired) electrons. The van der Waals surface area contributed by atoms with Crippen LogP contribution in [0.15, 0.2) is 23.1 Å². The van der Waals surface area contributed by atoms with Crippen molar-refractivity contribution in [3.8, 4) is 0 Å². The zero-order valence-electron chi connectivity index (χ0n) is 15.9. The predicted octanol–water partition coefficient (Wildman–Crippen LogP) is 1.44. The highest BCUT2D eigenvalue weighted by Crippen LogP contribution is 2.36. The summed E-state index contributed by atoms with van der Waals surface area (Å²) in [5.41, 5.74) is 3.46. The number of aliphatic hydroxyl groups is 1. The first-order chi connectivity index (χ1) is 13.0. The van der Waals surface area contributed by atoms with E-state index in [1.165, 1.54) is 16.7 Å². The maximum Gasteiger partial charge on any atom is 0.268 e. The molecule has 0 unspecified atom stereocenters. The van der Waals surface area contributed by atoms with Gasteiger partial charge >= 0.3 is 0 Å². The molecule has 0 aromatic heterocycles. The molecular weight excluding hydrogens is 364 g/mol. The van der Waals surface area contributed by atoms with Gasteiger partial charge in [-0.15, -0.1) is 11.8 Å². The van der Waals surface area contributed by atoms with Gasteiger partial charge in [0.05, 0.1) is 30.3 Å². The van der Waals surface area contributed by atoms with E-state index >= 15 is 0 Å². The number of carbonyl (C=O) groups is 2. The van der Waals surface area contributed by atoms with Crippen LogP contribution in [-0.4, -0.2) is 78.5 Å². The number of ether oxygens (including phenoxy) is 1. The summed E-state index contributed by atoms with van der Waals surface area (Å²) in [6, 6.07) is 5.83. The van der Waals surface area contributed by atoms with E-state index in [-0.39, 0.29) is 18.4 Å². The van der Waals surface area contributed by atoms with Crippen molar-refractivity contribution in [3.05, 3.63) is 39.8 Å². The number of aliphatic hydroxyl groups excluding tert-OH is 1. The zero-order chi connectivity index (χ0) is 19.4. The number of rotatable bonds is 7. The Bertz CT molecular complexity index is 756. The molecule has 7 heteroatoms. The number of carbonyl (C=O) groups excluding carboxylic acids is 2. The topological polar surface area (TPSA) is 70.1 Å². The summed E-state index contributed by atoms with van der Waals surface area (Å²) in [7, 11) is 0. The minimum atomic E-state index is -0.250. The van der Waals surface area contributed by atoms with E-state index in [9.17, 15) is 14.7 Å². The quantitative estimate of drug-likeness (QED) is 0.711. The van der Waals surface area contributed by atoms with Gasteiger partial charge < -0.3 is 9.84 Å². The first-order valence-corrected chi connectivity index (χ1v) is 10.2. The normalized spacial score (nSPS) is 18.7. The van der Waals surface area contributed by atoms with Gasteiger partial charge in [-0.05, 0) is 30.5 Å². The molecule has 6 nitrogen and oxygen atoms in total. The zero-order valence-corrected chi connectivity index (χ0v) is 16.7. The van der Waals surface area contributed by atoms with Crippen LogP contribution >= 0.6 is 11.8 Å². The number of thioether (sulfide) groups is 1. The molecule has 0 spiro atoms. The highest BCUT2D eigenvalue weighted by atomic mass is 32.2. The van der Waals surface area contributed by atoms with E-state index in [1.807, 2.05) is 32.0 Å². The average molecular weight is 391 g/mol. The molecule has 0 atom stereocenters. The van der Waals surface area contributed by atoms with E-state index < -0.39 is 0 Å². The molecule has 0 bridgehead atoms. The summed E-state index contributed by atoms with van der Waals surface area (Å²) in [6.07, 6.45) is 0. The highest BCUT2D eigenvalue weighted by molar-refractivity contribution is 8.04. The van der Waals surface area contributed by atoms with Crippen LogP contribution in [0.1, 0.15) is 16.7 Å². The third-order valence-electron chi connectivity index (χ3n) is 5.00. The van der Waals surface area contributed by atoms with Crippen molar-refractivity contribution in [2.24, 2.45) is 0 Å². The lowest BCUT2D eigenvalue weighted by Crippen LogP contribution is -2.43. The van der Waals surface area contributed by atoms with E-state index in [0.29, 0.717) is 42.5 Å². The Hall–Kier alpha value is -1.67. The Kier molecular flexibility index (Phi) is 6.70. The van der Waals surface area contributed by atoms with Crippen molar-refractivity contribution in [3.63, 3.8) is 0 Å². The summed E-state index contributed by atoms with van der Waals surface area (Å²) < 4.78 is 5.35. The first kappa shape index (κ1) is 20.1. The number of benzene rings is 1. The van der Waals surface area contributed by atoms with Crippen LogP contribution in [0.4, 0.5) is 0 Å². The molecule has 146 valence electrons. The minimum absolute atomic E-state index is 0.0381. The van der Waals surface area contributed by atoms with Gasteiger partial charge in [-0.2, -0.15) is 0 Å². The highest BCUT2D eigenvalue weighted by Gasteiger charge is 2.39. The van der Waals surface area contributed by atoms with Gasteiger partial charge in [-0.25, -0.2) is 0 Å². The van der Waals surface area contributed by atoms with Crippen molar-refractivity contribution in [1.82, 2.24) is 9.80 Å². The fourth-order valence-corrected chi connectivity index (χ4v) is 4.13. The Labute approximate surface area is 164 Å². The van der Waals surface area contributed by atoms with Crippen LogP contribution in [0.3, 0.4) is 0 Å². The maximum absolute atomic E-state index is 13.1. The fourth-order valence-electron chi connectivity index (χ4n) is 3.26. The Balaban J connectivity index is 1.83. The monoisotopic (exact) mass is 390 g/mol. The lowest BCUT2D eigenvalue weighted by molar-refractivity contribution is -0.136. The third kappa shape index (κ3) is 4.43. The molecule has 2 aliphatic heterocycles. The molecule has 0 saturated carbocycles. The maximum atomic E-state index is 13.1. The van der Waals surface area contributed by atoms with Gasteiger partial charge in [0.25, 0.3) is 11.8 Å². The lowest BCUT2D eigenvalue weighted by Gasteiger charge is -2.28. The second-order valence-electron chi connectivity index (χ2n) is 6.79. The van der Waals surface area contributed by atoms with Crippen LogP contribution < -0.4 is 0 Å². The van der Waals surface area contributed by atoms with Gasteiger partial charge in [0.1, 0.15) is 0 Å². The standard InChI is InChI=1S/C20H26N2O4S/c1-14-3-4-16(13-15(14)2)17-18(27-12-9-23)20(25)22(19(17)24)6-5-21-7-10-26-11-8-21/h3-4,13,23H,5-12H2,1-2H3. The average Bonchev–Trinajstić information content (AvgIpc) is 2.91. The summed E-state index contributed by atoms with van der Waals surface area (Å²) in [5, 5.41) is 9.18. The summed E-state index contributed by atoms with van der Waals surface area (Å²) in [4.78, 5) is 30.0. The smallest absolute Gasteiger partial charge is 0.268 e. The Morgan fingerprint density at radius 1 is 1.07 bits per heavy atom. The second-order valence-corrected chi connectivity index (χ2v) is 7.90. The molecule has 1 fully saturated rings. The fraction of sp³-hybridized carbons (Fsp3) is 0.500. The van der Waals surface area contributed by atoms with Crippen LogP contribution in [0.5, 0.6) is 0 Å². The van der Waals surface area contributed by atoms with Gasteiger partial charge in [-0.3, -0.25) is 19.4 Å². The third-order valence-corrected chi connectivity index (χ3v) is 6.06. The van der Waals surface area contributed by atoms with Gasteiger partial charge in [0.15, 0.2) is 0 Å². The van der Waals surface area contributed by atoms with Crippen molar-refractivity contribution < 1.29 is 19.4 Å². The molecule has 2 aliphatic rings. The van der Waals surface area contributed by atoms with Crippen LogP contribution in [0.2, 0.25) is 0 Å². The molecule has 3 rings (SSSR count). The molecule has 2 heterocycles. The Morgan fingerprint density at radius 2 is 1.81 bits per heavy atom. The molecule has 1 aromatic rings. The van der Waals surface area contributed by atoms with Crippen LogP contribution in [-0.2, 0) is 14.3 Å². The number of nitrogens with zero attached hydrogens (tertiary/aromatic N) is 2. The molecule has 1 N–H and O–H groups in total. The Morgan fingerprint density at radius 3 is 2.48 bits per heavy atom. The predicted molar refractivity (Wildman–Crippen MR) is 106 cm³/mol. The minimum Gasteiger partial charge on any atom is -0.396 e. The van der Waals surface area contributed by atoms with Gasteiger partial charge in [-0.1, -0.05) is 18.2 Å². The van der Waals surface area contributed by atoms with E-state index in [4.69, 9.17) is 4.74 Å². The molecule has 1 saturated heterocycles. The lowest BCUT2D eigenvalue weighted by atomic mass is 10.0. The summed E-state index contributed by atoms with van der Waals surface area (Å²) >= 11 is 1.26. The van der Waals surface area contributed by atoms with Crippen molar-refractivity contribution in [2.75, 3.05) is 51.8 Å². The molecule has 27 heavy (non-hydrogen) atoms. The van der Waals surface area contributed by atoms with Gasteiger partial charge in [0.2, 0.25) is 0 Å².